The summed E-state index contributed by atoms with van der Waals surface area (Å²) in [6, 6.07) is 3.98. The quantitative estimate of drug-likeness (QED) is 0.616. The lowest BCUT2D eigenvalue weighted by Crippen LogP contribution is -2.38. The number of hydrogen-bond donors (Lipinski definition) is 1. The number of nitrogens with one attached hydrogen (secondary N) is 1. The van der Waals surface area contributed by atoms with E-state index in [9.17, 15) is 20.1 Å². The molecule has 3 fully saturated rings. The highest BCUT2D eigenvalue weighted by Crippen LogP contribution is 2.84. The number of nitrogens with zero attached hydrogens (tertiary/aromatic N) is 2. The number of carbonyl (C=O) groups is 2. The zero-order valence-electron chi connectivity index (χ0n) is 9.25. The molecule has 0 unspecified atom stereocenters. The molecule has 0 aromatic carbocycles. The van der Waals surface area contributed by atoms with Crippen LogP contribution in [0.2, 0.25) is 0 Å². The molecule has 86 valence electrons. The van der Waals surface area contributed by atoms with E-state index in [0.29, 0.717) is 12.8 Å². The molecule has 2 amide bonds. The third-order valence-electron chi connectivity index (χ3n) is 4.89. The van der Waals surface area contributed by atoms with Crippen LogP contribution in [0, 0.1) is 38.9 Å². The predicted octanol–water partition coefficient (Wildman–Crippen LogP) is 0.627. The average molecular weight is 229 g/mol. The highest BCUT2D eigenvalue weighted by molar-refractivity contribution is 6.19. The summed E-state index contributed by atoms with van der Waals surface area (Å²) in [6.07, 6.45) is 4.07. The highest BCUT2D eigenvalue weighted by Gasteiger charge is 2.97. The first-order valence-corrected chi connectivity index (χ1v) is 5.81. The Bertz CT molecular complexity index is 481. The second-order valence-electron chi connectivity index (χ2n) is 5.15. The molecule has 0 radical (unpaired) electrons. The van der Waals surface area contributed by atoms with Crippen LogP contribution in [0.1, 0.15) is 32.1 Å². The van der Waals surface area contributed by atoms with Crippen molar-refractivity contribution in [3.05, 3.63) is 0 Å². The van der Waals surface area contributed by atoms with Gasteiger partial charge in [0.05, 0.1) is 12.1 Å². The van der Waals surface area contributed by atoms with E-state index in [1.165, 1.54) is 0 Å². The lowest BCUT2D eigenvalue weighted by Gasteiger charge is -2.26. The molecule has 1 aliphatic heterocycles. The number of imide groups is 1. The molecule has 1 heterocycles. The number of nitriles is 2. The predicted molar refractivity (Wildman–Crippen MR) is 54.8 cm³/mol. The molecule has 2 atom stereocenters. The van der Waals surface area contributed by atoms with E-state index >= 15 is 0 Å². The zero-order chi connectivity index (χ0) is 12.3. The van der Waals surface area contributed by atoms with Gasteiger partial charge in [0, 0.05) is 5.41 Å². The van der Waals surface area contributed by atoms with Gasteiger partial charge in [-0.1, -0.05) is 19.3 Å². The maximum atomic E-state index is 11.9. The first-order chi connectivity index (χ1) is 8.13. The second-order valence-corrected chi connectivity index (χ2v) is 5.15. The van der Waals surface area contributed by atoms with E-state index in [-0.39, 0.29) is 0 Å². The van der Waals surface area contributed by atoms with E-state index < -0.39 is 28.1 Å². The van der Waals surface area contributed by atoms with Crippen molar-refractivity contribution < 1.29 is 9.59 Å². The highest BCUT2D eigenvalue weighted by atomic mass is 16.2. The summed E-state index contributed by atoms with van der Waals surface area (Å²) >= 11 is 0. The Kier molecular flexibility index (Phi) is 1.62. The molecule has 5 nitrogen and oxygen atoms in total. The van der Waals surface area contributed by atoms with Crippen LogP contribution in [-0.2, 0) is 9.59 Å². The minimum Gasteiger partial charge on any atom is -0.293 e. The normalized spacial score (nSPS) is 41.3. The first kappa shape index (κ1) is 10.3. The molecule has 1 saturated heterocycles. The van der Waals surface area contributed by atoms with Crippen LogP contribution >= 0.6 is 0 Å². The van der Waals surface area contributed by atoms with Gasteiger partial charge in [0.15, 0.2) is 10.8 Å². The molecule has 3 rings (SSSR count). The number of piperidine rings is 1. The molecule has 1 spiro atoms. The van der Waals surface area contributed by atoms with Gasteiger partial charge >= 0.3 is 0 Å². The lowest BCUT2D eigenvalue weighted by atomic mass is 9.77. The largest absolute Gasteiger partial charge is 0.293 e. The van der Waals surface area contributed by atoms with Crippen LogP contribution in [0.25, 0.3) is 0 Å². The fourth-order valence-electron chi connectivity index (χ4n) is 4.15. The third kappa shape index (κ3) is 0.683. The van der Waals surface area contributed by atoms with Gasteiger partial charge in [0.1, 0.15) is 0 Å². The van der Waals surface area contributed by atoms with E-state index in [0.717, 1.165) is 19.3 Å². The van der Waals surface area contributed by atoms with Gasteiger partial charge in [-0.15, -0.1) is 0 Å². The third-order valence-corrected chi connectivity index (χ3v) is 4.89. The Morgan fingerprint density at radius 3 is 1.82 bits per heavy atom. The van der Waals surface area contributed by atoms with Crippen molar-refractivity contribution in [2.75, 3.05) is 0 Å². The van der Waals surface area contributed by atoms with Crippen molar-refractivity contribution in [2.45, 2.75) is 32.1 Å². The molecule has 0 aromatic rings. The summed E-state index contributed by atoms with van der Waals surface area (Å²) in [5.74, 6) is -1.12. The van der Waals surface area contributed by atoms with Gasteiger partial charge in [0.2, 0.25) is 11.8 Å². The summed E-state index contributed by atoms with van der Waals surface area (Å²) in [5, 5.41) is 20.9. The van der Waals surface area contributed by atoms with Crippen LogP contribution < -0.4 is 5.32 Å². The lowest BCUT2D eigenvalue weighted by molar-refractivity contribution is -0.131. The SMILES string of the molecule is N#C[C@]12C(=O)NC(=O)[C@]1(C#N)C21CCCCC1. The van der Waals surface area contributed by atoms with E-state index in [2.05, 4.69) is 5.32 Å². The minimum atomic E-state index is -1.41. The summed E-state index contributed by atoms with van der Waals surface area (Å²) in [4.78, 5) is 23.8. The van der Waals surface area contributed by atoms with Gasteiger partial charge in [-0.25, -0.2) is 0 Å². The van der Waals surface area contributed by atoms with Gasteiger partial charge in [0.25, 0.3) is 0 Å². The number of carbonyl (C=O) groups excluding carboxylic acids is 2. The molecule has 5 heteroatoms. The average Bonchev–Trinajstić information content (AvgIpc) is 2.74. The smallest absolute Gasteiger partial charge is 0.249 e. The maximum Gasteiger partial charge on any atom is 0.249 e. The molecule has 1 N–H and O–H groups in total. The second kappa shape index (κ2) is 2.68. The zero-order valence-corrected chi connectivity index (χ0v) is 9.25. The van der Waals surface area contributed by atoms with Gasteiger partial charge in [-0.05, 0) is 12.8 Å². The van der Waals surface area contributed by atoms with Crippen molar-refractivity contribution in [3.8, 4) is 12.1 Å². The summed E-state index contributed by atoms with van der Waals surface area (Å²) < 4.78 is 0. The molecular weight excluding hydrogens is 218 g/mol. The molecular formula is C12H11N3O2. The van der Waals surface area contributed by atoms with Gasteiger partial charge < -0.3 is 0 Å². The molecule has 2 aliphatic carbocycles. The van der Waals surface area contributed by atoms with E-state index in [1.54, 1.807) is 0 Å². The number of hydrogen-bond acceptors (Lipinski definition) is 4. The van der Waals surface area contributed by atoms with Gasteiger partial charge in [-0.2, -0.15) is 10.5 Å². The van der Waals surface area contributed by atoms with Crippen molar-refractivity contribution in [1.82, 2.24) is 5.32 Å². The van der Waals surface area contributed by atoms with Crippen LogP contribution in [-0.4, -0.2) is 11.8 Å². The van der Waals surface area contributed by atoms with Crippen LogP contribution in [0.15, 0.2) is 0 Å². The van der Waals surface area contributed by atoms with Crippen LogP contribution in [0.4, 0.5) is 0 Å². The van der Waals surface area contributed by atoms with Crippen molar-refractivity contribution in [2.24, 2.45) is 16.2 Å². The minimum absolute atomic E-state index is 0.562. The summed E-state index contributed by atoms with van der Waals surface area (Å²) in [7, 11) is 0. The number of amides is 2. The Morgan fingerprint density at radius 1 is 0.941 bits per heavy atom. The van der Waals surface area contributed by atoms with Crippen molar-refractivity contribution in [3.63, 3.8) is 0 Å². The molecule has 3 aliphatic rings. The Morgan fingerprint density at radius 2 is 1.41 bits per heavy atom. The monoisotopic (exact) mass is 229 g/mol. The Hall–Kier alpha value is -1.88. The number of rotatable bonds is 0. The van der Waals surface area contributed by atoms with Crippen molar-refractivity contribution >= 4 is 11.8 Å². The fraction of sp³-hybridized carbons (Fsp3) is 0.667. The standard InChI is InChI=1S/C12H11N3O2/c13-6-11-8(16)15-9(17)12(11,7-14)10(11)4-2-1-3-5-10/h1-5H2,(H,15,16,17)/t11-,12-/m1/s1. The van der Waals surface area contributed by atoms with E-state index in [1.807, 2.05) is 12.1 Å². The van der Waals surface area contributed by atoms with Gasteiger partial charge in [-0.3, -0.25) is 14.9 Å². The first-order valence-electron chi connectivity index (χ1n) is 5.81. The van der Waals surface area contributed by atoms with E-state index in [4.69, 9.17) is 0 Å². The molecule has 0 bridgehead atoms. The van der Waals surface area contributed by atoms with Crippen LogP contribution in [0.5, 0.6) is 0 Å². The van der Waals surface area contributed by atoms with Crippen LogP contribution in [0.3, 0.4) is 0 Å². The maximum absolute atomic E-state index is 11.9. The summed E-state index contributed by atoms with van der Waals surface area (Å²) in [6.45, 7) is 0. The van der Waals surface area contributed by atoms with Crippen molar-refractivity contribution in [1.29, 1.82) is 10.5 Å². The topological polar surface area (TPSA) is 93.8 Å². The summed E-state index contributed by atoms with van der Waals surface area (Å²) in [5.41, 5.74) is -3.53. The fourth-order valence-corrected chi connectivity index (χ4v) is 4.15. The molecule has 0 aromatic heterocycles. The number of fused-ring (bicyclic) bond motifs is 3. The molecule has 17 heavy (non-hydrogen) atoms. The Labute approximate surface area is 98.4 Å². The molecule has 2 saturated carbocycles. The Balaban J connectivity index is 2.22.